The molecule has 2 aromatic rings. The van der Waals surface area contributed by atoms with Crippen LogP contribution in [-0.4, -0.2) is 38.2 Å². The lowest BCUT2D eigenvalue weighted by Crippen LogP contribution is -2.44. The van der Waals surface area contributed by atoms with Gasteiger partial charge in [0, 0.05) is 18.2 Å². The molecule has 2 atom stereocenters. The predicted octanol–water partition coefficient (Wildman–Crippen LogP) is 5.45. The van der Waals surface area contributed by atoms with Crippen molar-refractivity contribution in [3.63, 3.8) is 0 Å². The Kier molecular flexibility index (Phi) is 9.00. The van der Waals surface area contributed by atoms with Crippen molar-refractivity contribution in [1.29, 1.82) is 0 Å². The average Bonchev–Trinajstić information content (AvgIpc) is 2.72. The van der Waals surface area contributed by atoms with Crippen LogP contribution in [-0.2, 0) is 15.6 Å². The number of amides is 1. The number of benzene rings is 2. The Morgan fingerprint density at radius 2 is 1.88 bits per heavy atom. The molecular formula is C26H38N2O4Si. The molecule has 0 aliphatic carbocycles. The van der Waals surface area contributed by atoms with Gasteiger partial charge in [-0.25, -0.2) is 0 Å². The number of Topliss-reactive ketones (excluding diaryl/α,β-unsaturated/α-hetero) is 1. The van der Waals surface area contributed by atoms with Gasteiger partial charge >= 0.3 is 0 Å². The Hall–Kier alpha value is -2.48. The Balaban J connectivity index is 2.22. The molecule has 0 unspecified atom stereocenters. The zero-order chi connectivity index (χ0) is 24.8. The zero-order valence-electron chi connectivity index (χ0n) is 20.9. The first kappa shape index (κ1) is 26.8. The Morgan fingerprint density at radius 1 is 1.18 bits per heavy atom. The molecule has 0 aromatic heterocycles. The highest BCUT2D eigenvalue weighted by atomic mass is 28.4. The summed E-state index contributed by atoms with van der Waals surface area (Å²) >= 11 is 0. The largest absolute Gasteiger partial charge is 0.506 e. The summed E-state index contributed by atoms with van der Waals surface area (Å²) in [6, 6.07) is 13.1. The third-order valence-electron chi connectivity index (χ3n) is 6.38. The Bertz CT molecular complexity index is 969. The number of anilines is 1. The molecule has 0 aliphatic heterocycles. The van der Waals surface area contributed by atoms with Gasteiger partial charge in [-0.1, -0.05) is 45.0 Å². The first-order valence-corrected chi connectivity index (χ1v) is 14.3. The number of carbonyl (C=O) groups excluding carboxylic acids is 2. The highest BCUT2D eigenvalue weighted by Gasteiger charge is 2.39. The maximum absolute atomic E-state index is 11.7. The van der Waals surface area contributed by atoms with Crippen LogP contribution in [0.3, 0.4) is 0 Å². The summed E-state index contributed by atoms with van der Waals surface area (Å²) in [7, 11) is -2.10. The van der Waals surface area contributed by atoms with Crippen LogP contribution in [0.4, 0.5) is 5.69 Å². The average molecular weight is 471 g/mol. The standard InChI is InChI=1S/C26H38N2O4Si/c1-18(13-20-9-8-10-21(14-20)19(2)30)27-16-25(32-33(6,7)26(3,4)5)22-11-12-24(31)23(15-22)28-17-29/h8-12,14-15,17-18,25,27,31H,13,16H2,1-7H3,(H,28,29)/t18-,25+/m1/s1. The van der Waals surface area contributed by atoms with E-state index in [0.29, 0.717) is 18.6 Å². The minimum atomic E-state index is -2.10. The van der Waals surface area contributed by atoms with Gasteiger partial charge in [-0.05, 0) is 67.7 Å². The van der Waals surface area contributed by atoms with E-state index in [4.69, 9.17) is 4.43 Å². The van der Waals surface area contributed by atoms with Gasteiger partial charge in [0.2, 0.25) is 6.41 Å². The van der Waals surface area contributed by atoms with Gasteiger partial charge in [0.25, 0.3) is 0 Å². The molecule has 0 saturated heterocycles. The fourth-order valence-corrected chi connectivity index (χ4v) is 4.63. The minimum Gasteiger partial charge on any atom is -0.506 e. The third kappa shape index (κ3) is 7.52. The molecule has 6 nitrogen and oxygen atoms in total. The highest BCUT2D eigenvalue weighted by molar-refractivity contribution is 6.74. The monoisotopic (exact) mass is 470 g/mol. The van der Waals surface area contributed by atoms with Gasteiger partial charge in [0.15, 0.2) is 14.1 Å². The quantitative estimate of drug-likeness (QED) is 0.176. The molecule has 0 spiro atoms. The van der Waals surface area contributed by atoms with Crippen LogP contribution in [0.25, 0.3) is 0 Å². The van der Waals surface area contributed by atoms with E-state index in [1.54, 1.807) is 19.1 Å². The minimum absolute atomic E-state index is 0.0172. The van der Waals surface area contributed by atoms with Crippen molar-refractivity contribution in [1.82, 2.24) is 5.32 Å². The first-order valence-electron chi connectivity index (χ1n) is 11.4. The number of ketones is 1. The van der Waals surface area contributed by atoms with Crippen LogP contribution >= 0.6 is 0 Å². The van der Waals surface area contributed by atoms with Crippen molar-refractivity contribution in [2.75, 3.05) is 11.9 Å². The van der Waals surface area contributed by atoms with E-state index in [1.165, 1.54) is 0 Å². The summed E-state index contributed by atoms with van der Waals surface area (Å²) in [5.74, 6) is 0.0796. The summed E-state index contributed by atoms with van der Waals surface area (Å²) in [4.78, 5) is 22.6. The topological polar surface area (TPSA) is 87.7 Å². The molecule has 33 heavy (non-hydrogen) atoms. The maximum Gasteiger partial charge on any atom is 0.211 e. The molecule has 3 N–H and O–H groups in total. The molecule has 180 valence electrons. The summed E-state index contributed by atoms with van der Waals surface area (Å²) in [6.45, 7) is 15.3. The van der Waals surface area contributed by atoms with Gasteiger partial charge in [0.05, 0.1) is 11.8 Å². The summed E-state index contributed by atoms with van der Waals surface area (Å²) in [6.07, 6.45) is 1.09. The molecule has 2 rings (SSSR count). The van der Waals surface area contributed by atoms with E-state index in [1.807, 2.05) is 30.3 Å². The molecular weight excluding hydrogens is 432 g/mol. The Labute approximate surface area is 198 Å². The van der Waals surface area contributed by atoms with Crippen molar-refractivity contribution in [2.45, 2.75) is 71.3 Å². The highest BCUT2D eigenvalue weighted by Crippen LogP contribution is 2.40. The third-order valence-corrected chi connectivity index (χ3v) is 10.9. The fraction of sp³-hybridized carbons (Fsp3) is 0.462. The molecule has 2 aromatic carbocycles. The number of carbonyl (C=O) groups is 2. The lowest BCUT2D eigenvalue weighted by Gasteiger charge is -2.40. The zero-order valence-corrected chi connectivity index (χ0v) is 21.9. The molecule has 0 saturated carbocycles. The second-order valence-corrected chi connectivity index (χ2v) is 14.9. The van der Waals surface area contributed by atoms with Crippen molar-refractivity contribution >= 4 is 26.2 Å². The SMILES string of the molecule is CC(=O)c1cccc(C[C@@H](C)NC[C@H](O[Si](C)(C)C(C)(C)C)c2ccc(O)c(NC=O)c2)c1. The van der Waals surface area contributed by atoms with Gasteiger partial charge < -0.3 is 20.2 Å². The van der Waals surface area contributed by atoms with Crippen LogP contribution in [0.5, 0.6) is 5.75 Å². The van der Waals surface area contributed by atoms with Gasteiger partial charge in [-0.3, -0.25) is 9.59 Å². The number of phenols is 1. The van der Waals surface area contributed by atoms with E-state index in [0.717, 1.165) is 23.1 Å². The van der Waals surface area contributed by atoms with E-state index in [2.05, 4.69) is 51.4 Å². The van der Waals surface area contributed by atoms with Crippen LogP contribution in [0.2, 0.25) is 18.1 Å². The number of phenolic OH excluding ortho intramolecular Hbond substituents is 1. The van der Waals surface area contributed by atoms with E-state index in [9.17, 15) is 14.7 Å². The van der Waals surface area contributed by atoms with Gasteiger partial charge in [-0.15, -0.1) is 0 Å². The second kappa shape index (κ2) is 11.1. The number of aromatic hydroxyl groups is 1. The number of hydrogen-bond acceptors (Lipinski definition) is 5. The van der Waals surface area contributed by atoms with Crippen LogP contribution < -0.4 is 10.6 Å². The Morgan fingerprint density at radius 3 is 2.48 bits per heavy atom. The van der Waals surface area contributed by atoms with Crippen molar-refractivity contribution in [3.05, 3.63) is 59.2 Å². The molecule has 0 radical (unpaired) electrons. The second-order valence-electron chi connectivity index (χ2n) is 10.2. The summed E-state index contributed by atoms with van der Waals surface area (Å²) in [5, 5.41) is 16.2. The van der Waals surface area contributed by atoms with Crippen molar-refractivity contribution in [3.8, 4) is 5.75 Å². The normalized spacial score (nSPS) is 13.9. The van der Waals surface area contributed by atoms with Crippen LogP contribution in [0.1, 0.15) is 62.2 Å². The van der Waals surface area contributed by atoms with Crippen molar-refractivity contribution in [2.24, 2.45) is 0 Å². The smallest absolute Gasteiger partial charge is 0.211 e. The maximum atomic E-state index is 11.7. The molecule has 0 aliphatic rings. The van der Waals surface area contributed by atoms with Crippen LogP contribution in [0.15, 0.2) is 42.5 Å². The van der Waals surface area contributed by atoms with Gasteiger partial charge in [0.1, 0.15) is 5.75 Å². The summed E-state index contributed by atoms with van der Waals surface area (Å²) < 4.78 is 6.75. The predicted molar refractivity (Wildman–Crippen MR) is 136 cm³/mol. The van der Waals surface area contributed by atoms with Crippen LogP contribution in [0, 0.1) is 0 Å². The molecule has 0 fully saturated rings. The lowest BCUT2D eigenvalue weighted by molar-refractivity contribution is -0.105. The molecule has 0 bridgehead atoms. The first-order chi connectivity index (χ1) is 15.3. The fourth-order valence-electron chi connectivity index (χ4n) is 3.34. The molecule has 0 heterocycles. The van der Waals surface area contributed by atoms with Crippen molar-refractivity contribution < 1.29 is 19.1 Å². The number of hydrogen-bond donors (Lipinski definition) is 3. The lowest BCUT2D eigenvalue weighted by atomic mass is 10.0. The number of rotatable bonds is 11. The molecule has 7 heteroatoms. The number of nitrogens with one attached hydrogen (secondary N) is 2. The molecule has 1 amide bonds. The summed E-state index contributed by atoms with van der Waals surface area (Å²) in [5.41, 5.74) is 3.07. The van der Waals surface area contributed by atoms with Gasteiger partial charge in [-0.2, -0.15) is 0 Å². The van der Waals surface area contributed by atoms with E-state index >= 15 is 0 Å². The van der Waals surface area contributed by atoms with E-state index in [-0.39, 0.29) is 28.7 Å². The van der Waals surface area contributed by atoms with E-state index < -0.39 is 8.32 Å².